The van der Waals surface area contributed by atoms with Crippen molar-refractivity contribution in [3.05, 3.63) is 185 Å². The average molecular weight is 766 g/mol. The molecule has 1 N–H and O–H groups in total. The van der Waals surface area contributed by atoms with Crippen molar-refractivity contribution < 1.29 is 0 Å². The van der Waals surface area contributed by atoms with Crippen LogP contribution in [0.15, 0.2) is 162 Å². The Labute approximate surface area is 349 Å². The van der Waals surface area contributed by atoms with Gasteiger partial charge in [0.2, 0.25) is 0 Å². The molecule has 0 fully saturated rings. The number of nitrogens with one attached hydrogen (secondary N) is 1. The van der Waals surface area contributed by atoms with E-state index in [1.54, 1.807) is 0 Å². The zero-order chi connectivity index (χ0) is 41.5. The van der Waals surface area contributed by atoms with Gasteiger partial charge in [0.1, 0.15) is 11.7 Å². The summed E-state index contributed by atoms with van der Waals surface area (Å²) in [4.78, 5) is 10.4. The summed E-state index contributed by atoms with van der Waals surface area (Å²) in [6.07, 6.45) is 13.3. The molecule has 3 unspecified atom stereocenters. The molecule has 0 spiro atoms. The van der Waals surface area contributed by atoms with E-state index in [1.165, 1.54) is 44.5 Å². The number of allylic oxidation sites excluding steroid dienone is 6. The average Bonchev–Trinajstić information content (AvgIpc) is 3.27. The van der Waals surface area contributed by atoms with Gasteiger partial charge in [0, 0.05) is 11.1 Å². The van der Waals surface area contributed by atoms with Gasteiger partial charge in [-0.2, -0.15) is 0 Å². The largest absolute Gasteiger partial charge is 0.324 e. The number of hydrogen-bond donors (Lipinski definition) is 1. The van der Waals surface area contributed by atoms with Crippen LogP contribution in [-0.2, 0) is 10.8 Å². The lowest BCUT2D eigenvalue weighted by Crippen LogP contribution is -2.36. The van der Waals surface area contributed by atoms with E-state index in [-0.39, 0.29) is 17.0 Å². The first-order valence-corrected chi connectivity index (χ1v) is 21.4. The van der Waals surface area contributed by atoms with Crippen LogP contribution in [-0.4, -0.2) is 11.7 Å². The molecule has 298 valence electrons. The van der Waals surface area contributed by atoms with Crippen LogP contribution in [0, 0.1) is 11.8 Å². The molecule has 0 saturated heterocycles. The van der Waals surface area contributed by atoms with Crippen LogP contribution in [0.1, 0.15) is 122 Å². The smallest absolute Gasteiger partial charge is 0.169 e. The van der Waals surface area contributed by atoms with Crippen LogP contribution in [0.5, 0.6) is 0 Å². The summed E-state index contributed by atoms with van der Waals surface area (Å²) in [6.45, 7) is 22.0. The van der Waals surface area contributed by atoms with Crippen molar-refractivity contribution in [1.82, 2.24) is 5.32 Å². The van der Waals surface area contributed by atoms with E-state index in [2.05, 4.69) is 212 Å². The van der Waals surface area contributed by atoms with Gasteiger partial charge >= 0.3 is 0 Å². The molecule has 1 aliphatic carbocycles. The molecule has 0 saturated carbocycles. The Morgan fingerprint density at radius 2 is 1.05 bits per heavy atom. The van der Waals surface area contributed by atoms with Gasteiger partial charge in [-0.25, -0.2) is 9.98 Å². The van der Waals surface area contributed by atoms with Crippen molar-refractivity contribution in [2.45, 2.75) is 99.1 Å². The van der Waals surface area contributed by atoms with E-state index in [1.807, 2.05) is 13.8 Å². The molecule has 5 aromatic rings. The lowest BCUT2D eigenvalue weighted by Gasteiger charge is -2.24. The van der Waals surface area contributed by atoms with Gasteiger partial charge in [-0.05, 0) is 92.5 Å². The predicted octanol–water partition coefficient (Wildman–Crippen LogP) is 14.7. The summed E-state index contributed by atoms with van der Waals surface area (Å²) >= 11 is 0. The molecule has 1 aliphatic heterocycles. The molecule has 58 heavy (non-hydrogen) atoms. The second kappa shape index (κ2) is 18.4. The topological polar surface area (TPSA) is 36.8 Å². The lowest BCUT2D eigenvalue weighted by atomic mass is 9.82. The van der Waals surface area contributed by atoms with Crippen molar-refractivity contribution in [2.75, 3.05) is 0 Å². The molecule has 2 aliphatic rings. The molecular formula is C55H63N3. The lowest BCUT2D eigenvalue weighted by molar-refractivity contribution is 0.506. The summed E-state index contributed by atoms with van der Waals surface area (Å²) in [5, 5.41) is 3.62. The van der Waals surface area contributed by atoms with Crippen molar-refractivity contribution in [1.29, 1.82) is 0 Å². The Balaban J connectivity index is 0.00000279. The van der Waals surface area contributed by atoms with Crippen molar-refractivity contribution in [3.63, 3.8) is 0 Å². The number of hydrogen-bond acceptors (Lipinski definition) is 3. The minimum atomic E-state index is -0.382. The first-order chi connectivity index (χ1) is 27.9. The summed E-state index contributed by atoms with van der Waals surface area (Å²) in [7, 11) is 0. The third kappa shape index (κ3) is 9.76. The van der Waals surface area contributed by atoms with Gasteiger partial charge in [-0.3, -0.25) is 0 Å². The summed E-state index contributed by atoms with van der Waals surface area (Å²) in [5.74, 6) is 2.71. The van der Waals surface area contributed by atoms with Gasteiger partial charge in [0.05, 0.1) is 0 Å². The number of amidine groups is 2. The van der Waals surface area contributed by atoms with E-state index < -0.39 is 0 Å². The molecule has 5 aromatic carbocycles. The van der Waals surface area contributed by atoms with Crippen LogP contribution in [0.2, 0.25) is 0 Å². The fraction of sp³-hybridized carbons (Fsp3) is 0.309. The van der Waals surface area contributed by atoms with E-state index in [4.69, 9.17) is 9.98 Å². The monoisotopic (exact) mass is 766 g/mol. The van der Waals surface area contributed by atoms with Crippen LogP contribution < -0.4 is 5.32 Å². The molecule has 0 aromatic heterocycles. The minimum absolute atomic E-state index is 0.125. The van der Waals surface area contributed by atoms with Crippen LogP contribution in [0.4, 0.5) is 0 Å². The Kier molecular flexibility index (Phi) is 13.3. The highest BCUT2D eigenvalue weighted by molar-refractivity contribution is 6.16. The minimum Gasteiger partial charge on any atom is -0.324 e. The highest BCUT2D eigenvalue weighted by Crippen LogP contribution is 2.33. The van der Waals surface area contributed by atoms with Crippen LogP contribution in [0.3, 0.4) is 0 Å². The van der Waals surface area contributed by atoms with Gasteiger partial charge in [0.25, 0.3) is 0 Å². The summed E-state index contributed by atoms with van der Waals surface area (Å²) < 4.78 is 0. The molecule has 0 bridgehead atoms. The number of aliphatic imine (C=N–C) groups is 2. The number of benzene rings is 5. The fourth-order valence-corrected chi connectivity index (χ4v) is 7.55. The maximum Gasteiger partial charge on any atom is 0.169 e. The van der Waals surface area contributed by atoms with Crippen molar-refractivity contribution >= 4 is 17.2 Å². The predicted molar refractivity (Wildman–Crippen MR) is 252 cm³/mol. The maximum absolute atomic E-state index is 5.21. The van der Waals surface area contributed by atoms with E-state index in [0.29, 0.717) is 11.8 Å². The zero-order valence-corrected chi connectivity index (χ0v) is 36.5. The third-order valence-electron chi connectivity index (χ3n) is 11.9. The van der Waals surface area contributed by atoms with E-state index in [9.17, 15) is 0 Å². The molecule has 0 radical (unpaired) electrons. The molecule has 0 amide bonds. The van der Waals surface area contributed by atoms with Gasteiger partial charge < -0.3 is 5.32 Å². The molecular weight excluding hydrogens is 703 g/mol. The van der Waals surface area contributed by atoms with Gasteiger partial charge in [0.15, 0.2) is 6.17 Å². The van der Waals surface area contributed by atoms with E-state index in [0.717, 1.165) is 41.2 Å². The molecule has 3 nitrogen and oxygen atoms in total. The Bertz CT molecular complexity index is 2270. The first-order valence-electron chi connectivity index (χ1n) is 21.4. The molecule has 3 heteroatoms. The first kappa shape index (κ1) is 42.1. The normalized spacial score (nSPS) is 17.4. The third-order valence-corrected chi connectivity index (χ3v) is 11.9. The zero-order valence-electron chi connectivity index (χ0n) is 36.5. The van der Waals surface area contributed by atoms with Crippen molar-refractivity contribution in [3.8, 4) is 22.3 Å². The summed E-state index contributed by atoms with van der Waals surface area (Å²) in [5.41, 5.74) is 13.4. The summed E-state index contributed by atoms with van der Waals surface area (Å²) in [6, 6.07) is 44.2. The molecule has 7 rings (SSSR count). The maximum atomic E-state index is 5.21. The Morgan fingerprint density at radius 1 is 0.621 bits per heavy atom. The highest BCUT2D eigenvalue weighted by atomic mass is 15.2. The SMILES string of the molecule is CC.CC=CC(C)C1C=CC(c2ccc(C3=NC(c4ccc(-c5ccc(C(C)(C)CC)cc5)cc4)N=C(c4ccc(-c5ccc(C(C)(C)C)cc5)cc4)N3)cc2)=CC1. The second-order valence-corrected chi connectivity index (χ2v) is 17.2. The van der Waals surface area contributed by atoms with Gasteiger partial charge in [-0.15, -0.1) is 0 Å². The highest BCUT2D eigenvalue weighted by Gasteiger charge is 2.22. The molecule has 3 atom stereocenters. The second-order valence-electron chi connectivity index (χ2n) is 17.2. The number of rotatable bonds is 10. The Hall–Kier alpha value is -5.54. The van der Waals surface area contributed by atoms with Crippen molar-refractivity contribution in [2.24, 2.45) is 21.8 Å². The van der Waals surface area contributed by atoms with Crippen LogP contribution >= 0.6 is 0 Å². The number of nitrogens with zero attached hydrogens (tertiary/aromatic N) is 2. The van der Waals surface area contributed by atoms with Gasteiger partial charge in [-0.1, -0.05) is 214 Å². The Morgan fingerprint density at radius 3 is 1.48 bits per heavy atom. The fourth-order valence-electron chi connectivity index (χ4n) is 7.55. The van der Waals surface area contributed by atoms with Crippen LogP contribution in [0.25, 0.3) is 27.8 Å². The van der Waals surface area contributed by atoms with E-state index >= 15 is 0 Å². The quantitative estimate of drug-likeness (QED) is 0.141. The standard InChI is InChI=1S/C53H57N3.C2H6/c1-9-11-36(3)37-12-14-38(15-13-37)39-16-22-44(23-17-39)49-54-50(45-24-18-40(19-25-45)42-28-32-47(33-29-42)52(4,5)6)56-51(55-49)46-26-20-41(21-27-46)43-30-34-48(35-31-43)53(7,8)10-2;1-2/h9,11-12,14-37,51H,10,13H2,1-8H3,(H,54,55,56);1-2H3. The molecule has 1 heterocycles.